The van der Waals surface area contributed by atoms with E-state index >= 15 is 0 Å². The van der Waals surface area contributed by atoms with E-state index in [1.807, 2.05) is 6.07 Å². The maximum Gasteiger partial charge on any atom is 0.198 e. The van der Waals surface area contributed by atoms with Crippen LogP contribution in [0.5, 0.6) is 5.75 Å². The Hall–Kier alpha value is -1.74. The van der Waals surface area contributed by atoms with Gasteiger partial charge in [0.05, 0.1) is 29.8 Å². The second-order valence-corrected chi connectivity index (χ2v) is 6.29. The fourth-order valence-corrected chi connectivity index (χ4v) is 4.12. The summed E-state index contributed by atoms with van der Waals surface area (Å²) in [6, 6.07) is 6.31. The van der Waals surface area contributed by atoms with E-state index in [-0.39, 0.29) is 4.90 Å². The summed E-state index contributed by atoms with van der Waals surface area (Å²) in [5, 5.41) is 8.03. The van der Waals surface area contributed by atoms with Crippen LogP contribution < -0.4 is 9.64 Å². The summed E-state index contributed by atoms with van der Waals surface area (Å²) in [5.41, 5.74) is 0.527. The van der Waals surface area contributed by atoms with E-state index in [0.717, 1.165) is 0 Å². The number of hydrogen-bond donors (Lipinski definition) is 0. The van der Waals surface area contributed by atoms with E-state index in [0.29, 0.717) is 11.4 Å². The van der Waals surface area contributed by atoms with Crippen LogP contribution in [0.2, 0.25) is 0 Å². The Balaban J connectivity index is 2.79. The molecule has 0 saturated heterocycles. The van der Waals surface area contributed by atoms with Crippen LogP contribution in [-0.4, -0.2) is 33.9 Å². The van der Waals surface area contributed by atoms with Crippen LogP contribution in [-0.2, 0) is 9.84 Å². The molecule has 0 spiro atoms. The second-order valence-electron chi connectivity index (χ2n) is 4.25. The average molecular weight is 266 g/mol. The van der Waals surface area contributed by atoms with Crippen molar-refractivity contribution in [2.45, 2.75) is 23.1 Å². The zero-order valence-corrected chi connectivity index (χ0v) is 11.2. The maximum atomic E-state index is 12.4. The molecule has 18 heavy (non-hydrogen) atoms. The van der Waals surface area contributed by atoms with Crippen molar-refractivity contribution >= 4 is 15.5 Å². The number of hydrogen-bond acceptors (Lipinski definition) is 5. The minimum absolute atomic E-state index is 0.161. The fourth-order valence-electron chi connectivity index (χ4n) is 2.22. The first-order chi connectivity index (χ1) is 8.45. The molecule has 1 heterocycles. The Bertz CT molecular complexity index is 619. The normalized spacial score (nSPS) is 25.1. The van der Waals surface area contributed by atoms with E-state index < -0.39 is 21.1 Å². The quantitative estimate of drug-likeness (QED) is 0.764. The Morgan fingerprint density at radius 3 is 2.67 bits per heavy atom. The molecular formula is C12H14N2O3S. The minimum atomic E-state index is -3.63. The molecular weight excluding hydrogens is 252 g/mol. The lowest BCUT2D eigenvalue weighted by molar-refractivity contribution is 0.411. The number of nitriles is 1. The van der Waals surface area contributed by atoms with Gasteiger partial charge in [-0.1, -0.05) is 6.07 Å². The van der Waals surface area contributed by atoms with Crippen molar-refractivity contribution in [2.24, 2.45) is 0 Å². The molecule has 0 fully saturated rings. The molecule has 0 aliphatic carbocycles. The SMILES string of the molecule is COc1cccc2c1N(C)C(C)C(C#N)S2(=O)=O. The lowest BCUT2D eigenvalue weighted by Crippen LogP contribution is -2.47. The maximum absolute atomic E-state index is 12.4. The molecule has 96 valence electrons. The third-order valence-corrected chi connectivity index (χ3v) is 5.46. The van der Waals surface area contributed by atoms with Crippen LogP contribution in [0, 0.1) is 11.3 Å². The van der Waals surface area contributed by atoms with Crippen LogP contribution in [0.1, 0.15) is 6.92 Å². The lowest BCUT2D eigenvalue weighted by Gasteiger charge is -2.37. The molecule has 2 unspecified atom stereocenters. The Morgan fingerprint density at radius 1 is 1.44 bits per heavy atom. The second kappa shape index (κ2) is 4.18. The van der Waals surface area contributed by atoms with Crippen molar-refractivity contribution in [3.8, 4) is 11.8 Å². The van der Waals surface area contributed by atoms with Gasteiger partial charge in [0.2, 0.25) is 0 Å². The van der Waals surface area contributed by atoms with Gasteiger partial charge in [-0.05, 0) is 19.1 Å². The molecule has 1 aliphatic rings. The molecule has 1 aromatic carbocycles. The van der Waals surface area contributed by atoms with E-state index in [2.05, 4.69) is 0 Å². The molecule has 0 saturated carbocycles. The summed E-state index contributed by atoms with van der Waals surface area (Å²) in [7, 11) is -0.364. The van der Waals surface area contributed by atoms with Crippen molar-refractivity contribution in [1.82, 2.24) is 0 Å². The largest absolute Gasteiger partial charge is 0.495 e. The third-order valence-electron chi connectivity index (χ3n) is 3.35. The van der Waals surface area contributed by atoms with Crippen molar-refractivity contribution in [3.63, 3.8) is 0 Å². The smallest absolute Gasteiger partial charge is 0.198 e. The predicted molar refractivity (Wildman–Crippen MR) is 67.4 cm³/mol. The van der Waals surface area contributed by atoms with Gasteiger partial charge in [0.15, 0.2) is 15.1 Å². The summed E-state index contributed by atoms with van der Waals surface area (Å²) in [4.78, 5) is 1.94. The van der Waals surface area contributed by atoms with Gasteiger partial charge < -0.3 is 9.64 Å². The number of benzene rings is 1. The first kappa shape index (κ1) is 12.7. The van der Waals surface area contributed by atoms with Crippen LogP contribution >= 0.6 is 0 Å². The molecule has 0 N–H and O–H groups in total. The third kappa shape index (κ3) is 1.55. The van der Waals surface area contributed by atoms with E-state index in [1.165, 1.54) is 13.2 Å². The molecule has 2 rings (SSSR count). The molecule has 5 nitrogen and oxygen atoms in total. The first-order valence-electron chi connectivity index (χ1n) is 5.48. The van der Waals surface area contributed by atoms with Crippen molar-refractivity contribution in [1.29, 1.82) is 5.26 Å². The number of rotatable bonds is 1. The first-order valence-corrected chi connectivity index (χ1v) is 7.03. The van der Waals surface area contributed by atoms with Crippen molar-refractivity contribution < 1.29 is 13.2 Å². The number of fused-ring (bicyclic) bond motifs is 1. The molecule has 1 aliphatic heterocycles. The molecule has 0 amide bonds. The number of methoxy groups -OCH3 is 1. The highest BCUT2D eigenvalue weighted by Gasteiger charge is 2.43. The monoisotopic (exact) mass is 266 g/mol. The number of nitrogens with zero attached hydrogens (tertiary/aromatic N) is 2. The number of para-hydroxylation sites is 1. The molecule has 0 bridgehead atoms. The Kier molecular flexibility index (Phi) is 2.95. The van der Waals surface area contributed by atoms with Crippen LogP contribution in [0.15, 0.2) is 23.1 Å². The standard InChI is InChI=1S/C12H14N2O3S/c1-8-11(7-13)18(15,16)10-6-4-5-9(17-3)12(10)14(8)2/h4-6,8,11H,1-3H3. The fraction of sp³-hybridized carbons (Fsp3) is 0.417. The highest BCUT2D eigenvalue weighted by molar-refractivity contribution is 7.92. The Labute approximate surface area is 107 Å². The Morgan fingerprint density at radius 2 is 2.11 bits per heavy atom. The minimum Gasteiger partial charge on any atom is -0.495 e. The zero-order valence-electron chi connectivity index (χ0n) is 10.4. The summed E-state index contributed by atoms with van der Waals surface area (Å²) < 4.78 is 29.9. The summed E-state index contributed by atoms with van der Waals surface area (Å²) >= 11 is 0. The van der Waals surface area contributed by atoms with Crippen LogP contribution in [0.3, 0.4) is 0 Å². The molecule has 0 aromatic heterocycles. The number of anilines is 1. The van der Waals surface area contributed by atoms with E-state index in [9.17, 15) is 8.42 Å². The summed E-state index contributed by atoms with van der Waals surface area (Å²) in [6.07, 6.45) is 0. The molecule has 0 radical (unpaired) electrons. The van der Waals surface area contributed by atoms with Gasteiger partial charge in [-0.15, -0.1) is 0 Å². The molecule has 2 atom stereocenters. The predicted octanol–water partition coefficient (Wildman–Crippen LogP) is 1.20. The van der Waals surface area contributed by atoms with Gasteiger partial charge >= 0.3 is 0 Å². The highest BCUT2D eigenvalue weighted by Crippen LogP contribution is 2.41. The van der Waals surface area contributed by atoms with Crippen LogP contribution in [0.4, 0.5) is 5.69 Å². The van der Waals surface area contributed by atoms with Gasteiger partial charge in [0.1, 0.15) is 5.75 Å². The van der Waals surface area contributed by atoms with Gasteiger partial charge in [-0.25, -0.2) is 8.42 Å². The zero-order chi connectivity index (χ0) is 13.5. The molecule has 6 heteroatoms. The van der Waals surface area contributed by atoms with Crippen molar-refractivity contribution in [3.05, 3.63) is 18.2 Å². The number of ether oxygens (including phenoxy) is 1. The van der Waals surface area contributed by atoms with E-state index in [1.54, 1.807) is 31.0 Å². The topological polar surface area (TPSA) is 70.4 Å². The van der Waals surface area contributed by atoms with Gasteiger partial charge in [0.25, 0.3) is 0 Å². The van der Waals surface area contributed by atoms with Gasteiger partial charge in [-0.2, -0.15) is 5.26 Å². The summed E-state index contributed by atoms with van der Waals surface area (Å²) in [6.45, 7) is 1.72. The molecule has 1 aromatic rings. The van der Waals surface area contributed by atoms with Gasteiger partial charge in [-0.3, -0.25) is 0 Å². The van der Waals surface area contributed by atoms with E-state index in [4.69, 9.17) is 10.00 Å². The lowest BCUT2D eigenvalue weighted by atomic mass is 10.1. The number of sulfone groups is 1. The van der Waals surface area contributed by atoms with Crippen molar-refractivity contribution in [2.75, 3.05) is 19.1 Å². The van der Waals surface area contributed by atoms with Gasteiger partial charge in [0, 0.05) is 7.05 Å². The highest BCUT2D eigenvalue weighted by atomic mass is 32.2. The van der Waals surface area contributed by atoms with Crippen LogP contribution in [0.25, 0.3) is 0 Å². The average Bonchev–Trinajstić information content (AvgIpc) is 2.35. The summed E-state index contributed by atoms with van der Waals surface area (Å²) in [5.74, 6) is 0.502.